The molecule has 5 nitrogen and oxygen atoms in total. The third kappa shape index (κ3) is 6.22. The highest BCUT2D eigenvalue weighted by Crippen LogP contribution is 2.13. The second-order valence-electron chi connectivity index (χ2n) is 5.68. The molecular weight excluding hydrogens is 354 g/mol. The van der Waals surface area contributed by atoms with E-state index in [1.54, 1.807) is 0 Å². The molecule has 0 fully saturated rings. The Labute approximate surface area is 154 Å². The number of rotatable bonds is 3. The molecule has 3 aromatic rings. The van der Waals surface area contributed by atoms with Crippen molar-refractivity contribution in [1.29, 1.82) is 0 Å². The summed E-state index contributed by atoms with van der Waals surface area (Å²) in [4.78, 5) is 0. The maximum absolute atomic E-state index is 8.49. The highest BCUT2D eigenvalue weighted by Gasteiger charge is 2.10. The van der Waals surface area contributed by atoms with Crippen LogP contribution < -0.4 is 23.2 Å². The molecule has 0 aliphatic rings. The Morgan fingerprint density at radius 2 is 1.46 bits per heavy atom. The van der Waals surface area contributed by atoms with Crippen molar-refractivity contribution in [3.63, 3.8) is 0 Å². The fourth-order valence-electron chi connectivity index (χ4n) is 2.64. The molecular formula is C20H20ClNO4. The zero-order chi connectivity index (χ0) is 19.2. The van der Waals surface area contributed by atoms with Crippen LogP contribution in [0.15, 0.2) is 60.7 Å². The van der Waals surface area contributed by atoms with Gasteiger partial charge in [0, 0.05) is 23.6 Å². The quantitative estimate of drug-likeness (QED) is 0.597. The van der Waals surface area contributed by atoms with Crippen LogP contribution in [0.5, 0.6) is 0 Å². The van der Waals surface area contributed by atoms with Crippen LogP contribution in [-0.4, -0.2) is 0 Å². The Kier molecular flexibility index (Phi) is 6.85. The van der Waals surface area contributed by atoms with E-state index in [9.17, 15) is 0 Å². The van der Waals surface area contributed by atoms with Crippen LogP contribution in [0.1, 0.15) is 23.7 Å². The molecule has 0 spiro atoms. The minimum absolute atomic E-state index is 0.967. The summed E-state index contributed by atoms with van der Waals surface area (Å²) in [5.74, 6) is 0. The SMILES string of the molecule is CC[n+]1c(C=Cc2ccc(C)cc2)ccc2ccccc21.[O-][Cl+3]([O-])([O-])[O-]. The lowest BCUT2D eigenvalue weighted by Gasteiger charge is -2.17. The van der Waals surface area contributed by atoms with Crippen molar-refractivity contribution in [2.45, 2.75) is 20.4 Å². The maximum Gasteiger partial charge on any atom is 0.212 e. The van der Waals surface area contributed by atoms with Crippen LogP contribution in [0.3, 0.4) is 0 Å². The second-order valence-corrected chi connectivity index (χ2v) is 6.44. The molecule has 0 unspecified atom stereocenters. The summed E-state index contributed by atoms with van der Waals surface area (Å²) in [6.45, 7) is 5.27. The van der Waals surface area contributed by atoms with Gasteiger partial charge in [0.25, 0.3) is 0 Å². The van der Waals surface area contributed by atoms with Gasteiger partial charge in [-0.1, -0.05) is 42.0 Å². The molecule has 6 heteroatoms. The number of fused-ring (bicyclic) bond motifs is 1. The molecule has 0 amide bonds. The van der Waals surface area contributed by atoms with Gasteiger partial charge in [0.1, 0.15) is 6.54 Å². The lowest BCUT2D eigenvalue weighted by atomic mass is 10.1. The molecule has 0 saturated heterocycles. The highest BCUT2D eigenvalue weighted by molar-refractivity contribution is 5.77. The van der Waals surface area contributed by atoms with Gasteiger partial charge in [-0.05, 0) is 37.6 Å². The minimum atomic E-state index is -4.94. The van der Waals surface area contributed by atoms with Crippen molar-refractivity contribution in [3.8, 4) is 0 Å². The van der Waals surface area contributed by atoms with Crippen molar-refractivity contribution < 1.29 is 33.4 Å². The molecule has 0 aliphatic carbocycles. The number of benzene rings is 2. The van der Waals surface area contributed by atoms with E-state index in [-0.39, 0.29) is 0 Å². The van der Waals surface area contributed by atoms with Crippen molar-refractivity contribution in [1.82, 2.24) is 0 Å². The first-order valence-corrected chi connectivity index (χ1v) is 9.29. The fraction of sp³-hybridized carbons (Fsp3) is 0.150. The van der Waals surface area contributed by atoms with Crippen molar-refractivity contribution in [2.24, 2.45) is 0 Å². The fourth-order valence-corrected chi connectivity index (χ4v) is 2.64. The first-order chi connectivity index (χ1) is 12.3. The molecule has 0 aliphatic heterocycles. The summed E-state index contributed by atoms with van der Waals surface area (Å²) < 4.78 is 36.3. The number of halogens is 1. The molecule has 0 radical (unpaired) electrons. The molecule has 2 aromatic carbocycles. The summed E-state index contributed by atoms with van der Waals surface area (Å²) in [5, 5.41) is 1.28. The molecule has 1 heterocycles. The van der Waals surface area contributed by atoms with Gasteiger partial charge in [-0.25, -0.2) is 18.6 Å². The Bertz CT molecular complexity index is 880. The Morgan fingerprint density at radius 1 is 0.846 bits per heavy atom. The summed E-state index contributed by atoms with van der Waals surface area (Å²) in [6.07, 6.45) is 4.37. The zero-order valence-electron chi connectivity index (χ0n) is 14.6. The van der Waals surface area contributed by atoms with E-state index < -0.39 is 10.2 Å². The van der Waals surface area contributed by atoms with Gasteiger partial charge in [-0.3, -0.25) is 0 Å². The largest absolute Gasteiger partial charge is 0.222 e. The summed E-state index contributed by atoms with van der Waals surface area (Å²) in [6, 6.07) is 21.5. The van der Waals surface area contributed by atoms with Crippen LogP contribution in [-0.2, 0) is 6.54 Å². The minimum Gasteiger partial charge on any atom is -0.222 e. The van der Waals surface area contributed by atoms with Crippen molar-refractivity contribution in [3.05, 3.63) is 77.5 Å². The van der Waals surface area contributed by atoms with Gasteiger partial charge < -0.3 is 0 Å². The molecule has 26 heavy (non-hydrogen) atoms. The number of para-hydroxylation sites is 1. The molecule has 0 N–H and O–H groups in total. The van der Waals surface area contributed by atoms with Crippen LogP contribution >= 0.6 is 0 Å². The van der Waals surface area contributed by atoms with Crippen LogP contribution in [0.25, 0.3) is 23.1 Å². The number of hydrogen-bond acceptors (Lipinski definition) is 4. The van der Waals surface area contributed by atoms with E-state index in [1.807, 2.05) is 0 Å². The van der Waals surface area contributed by atoms with E-state index in [1.165, 1.54) is 27.7 Å². The van der Waals surface area contributed by atoms with Crippen LogP contribution in [0.2, 0.25) is 0 Å². The maximum atomic E-state index is 8.49. The Balaban J connectivity index is 0.000000431. The Hall–Kier alpha value is -2.28. The predicted molar refractivity (Wildman–Crippen MR) is 89.9 cm³/mol. The summed E-state index contributed by atoms with van der Waals surface area (Å²) in [5.41, 5.74) is 5.04. The number of aromatic nitrogens is 1. The predicted octanol–water partition coefficient (Wildman–Crippen LogP) is -0.130. The van der Waals surface area contributed by atoms with Gasteiger partial charge in [0.2, 0.25) is 11.2 Å². The lowest BCUT2D eigenvalue weighted by molar-refractivity contribution is -2.00. The van der Waals surface area contributed by atoms with Gasteiger partial charge in [-0.2, -0.15) is 4.57 Å². The molecule has 136 valence electrons. The van der Waals surface area contributed by atoms with Gasteiger partial charge in [0.15, 0.2) is 0 Å². The molecule has 0 saturated carbocycles. The average Bonchev–Trinajstić information content (AvgIpc) is 2.59. The van der Waals surface area contributed by atoms with Gasteiger partial charge in [-0.15, -0.1) is 10.2 Å². The van der Waals surface area contributed by atoms with E-state index in [0.29, 0.717) is 0 Å². The highest BCUT2D eigenvalue weighted by atomic mass is 35.7. The number of pyridine rings is 1. The van der Waals surface area contributed by atoms with E-state index in [0.717, 1.165) is 6.54 Å². The van der Waals surface area contributed by atoms with E-state index in [4.69, 9.17) is 18.6 Å². The third-order valence-electron chi connectivity index (χ3n) is 3.81. The second kappa shape index (κ2) is 8.89. The first-order valence-electron chi connectivity index (χ1n) is 8.06. The van der Waals surface area contributed by atoms with Gasteiger partial charge in [0.05, 0.1) is 0 Å². The lowest BCUT2D eigenvalue weighted by Crippen LogP contribution is -2.68. The average molecular weight is 374 g/mol. The number of hydrogen-bond donors (Lipinski definition) is 0. The summed E-state index contributed by atoms with van der Waals surface area (Å²) >= 11 is 0. The zero-order valence-corrected chi connectivity index (χ0v) is 15.3. The van der Waals surface area contributed by atoms with Crippen LogP contribution in [0.4, 0.5) is 0 Å². The van der Waals surface area contributed by atoms with Crippen molar-refractivity contribution >= 4 is 23.1 Å². The van der Waals surface area contributed by atoms with E-state index >= 15 is 0 Å². The third-order valence-corrected chi connectivity index (χ3v) is 3.81. The normalized spacial score (nSPS) is 11.5. The molecule has 1 aromatic heterocycles. The smallest absolute Gasteiger partial charge is 0.212 e. The monoisotopic (exact) mass is 373 g/mol. The number of aryl methyl sites for hydroxylation is 2. The van der Waals surface area contributed by atoms with E-state index in [2.05, 4.69) is 91.2 Å². The van der Waals surface area contributed by atoms with Gasteiger partial charge >= 0.3 is 0 Å². The Morgan fingerprint density at radius 3 is 2.08 bits per heavy atom. The molecule has 0 bridgehead atoms. The topological polar surface area (TPSA) is 96.1 Å². The molecule has 3 rings (SSSR count). The molecule has 0 atom stereocenters. The number of nitrogens with zero attached hydrogens (tertiary/aromatic N) is 1. The standard InChI is InChI=1S/C20H20N.ClHO4/c1-3-21-19(14-12-17-10-8-16(2)9-11-17)15-13-18-6-4-5-7-20(18)21;2-1(3,4)5/h4-15H,3H2,1-2H3;(H,2,3,4,5)/q+1;/p-1. The van der Waals surface area contributed by atoms with Crippen LogP contribution in [0, 0.1) is 17.2 Å². The summed E-state index contributed by atoms with van der Waals surface area (Å²) in [7, 11) is -4.94. The van der Waals surface area contributed by atoms with Crippen molar-refractivity contribution in [2.75, 3.05) is 0 Å². The first kappa shape index (κ1) is 20.0.